The Morgan fingerprint density at radius 2 is 2.12 bits per heavy atom. The quantitative estimate of drug-likeness (QED) is 0.598. The third kappa shape index (κ3) is 3.66. The van der Waals surface area contributed by atoms with Crippen LogP contribution in [-0.4, -0.2) is 38.2 Å². The molecule has 0 atom stereocenters. The van der Waals surface area contributed by atoms with Crippen molar-refractivity contribution in [3.05, 3.63) is 52.2 Å². The number of aromatic nitrogens is 3. The van der Waals surface area contributed by atoms with Gasteiger partial charge < -0.3 is 14.5 Å². The summed E-state index contributed by atoms with van der Waals surface area (Å²) in [5, 5.41) is 6.88. The molecular formula is C16H15FN3O4P. The van der Waals surface area contributed by atoms with Crippen LogP contribution in [-0.2, 0) is 6.42 Å². The lowest BCUT2D eigenvalue weighted by Crippen LogP contribution is -2.10. The number of benzene rings is 1. The van der Waals surface area contributed by atoms with Gasteiger partial charge in [-0.15, -0.1) is 0 Å². The number of H-pyrrole nitrogens is 1. The lowest BCUT2D eigenvalue weighted by molar-refractivity contribution is 0.403. The first-order valence-electron chi connectivity index (χ1n) is 7.36. The Balaban J connectivity index is 2.05. The van der Waals surface area contributed by atoms with E-state index in [9.17, 15) is 9.18 Å². The summed E-state index contributed by atoms with van der Waals surface area (Å²) in [7, 11) is -0.653. The molecule has 130 valence electrons. The number of aromatic amines is 1. The van der Waals surface area contributed by atoms with Crippen molar-refractivity contribution in [3.8, 4) is 17.1 Å². The van der Waals surface area contributed by atoms with E-state index in [1.54, 1.807) is 18.2 Å². The molecule has 0 radical (unpaired) electrons. The highest BCUT2D eigenvalue weighted by atomic mass is 31.2. The summed E-state index contributed by atoms with van der Waals surface area (Å²) in [6.07, 6.45) is 1.82. The summed E-state index contributed by atoms with van der Waals surface area (Å²) in [6, 6.07) is 6.22. The Morgan fingerprint density at radius 1 is 1.32 bits per heavy atom. The first kappa shape index (κ1) is 17.4. The first-order chi connectivity index (χ1) is 12.0. The van der Waals surface area contributed by atoms with Gasteiger partial charge in [-0.3, -0.25) is 4.79 Å². The van der Waals surface area contributed by atoms with Gasteiger partial charge in [0.1, 0.15) is 11.2 Å². The summed E-state index contributed by atoms with van der Waals surface area (Å²) >= 11 is 0. The van der Waals surface area contributed by atoms with Gasteiger partial charge >= 0.3 is 0 Å². The van der Waals surface area contributed by atoms with Gasteiger partial charge in [0.25, 0.3) is 5.56 Å². The number of nitrogens with zero attached hydrogens (tertiary/aromatic N) is 2. The number of halogens is 1. The van der Waals surface area contributed by atoms with Crippen LogP contribution in [0.2, 0.25) is 0 Å². The molecule has 0 saturated carbocycles. The van der Waals surface area contributed by atoms with Crippen molar-refractivity contribution in [1.82, 2.24) is 15.2 Å². The molecule has 0 bridgehead atoms. The van der Waals surface area contributed by atoms with Gasteiger partial charge in [-0.05, 0) is 24.1 Å². The molecule has 1 aromatic carbocycles. The van der Waals surface area contributed by atoms with Crippen LogP contribution in [0.25, 0.3) is 22.0 Å². The van der Waals surface area contributed by atoms with Crippen molar-refractivity contribution in [2.75, 3.05) is 13.3 Å². The largest absolute Gasteiger partial charge is 0.480 e. The van der Waals surface area contributed by atoms with Gasteiger partial charge in [-0.1, -0.05) is 12.1 Å². The summed E-state index contributed by atoms with van der Waals surface area (Å²) in [5.41, 5.74) is 0.926. The molecule has 3 aromatic rings. The molecule has 3 rings (SSSR count). The topological polar surface area (TPSA) is 108 Å². The normalized spacial score (nSPS) is 11.2. The molecule has 0 spiro atoms. The number of rotatable bonds is 5. The molecule has 0 amide bonds. The highest BCUT2D eigenvalue weighted by molar-refractivity contribution is 7.45. The molecule has 0 aliphatic heterocycles. The molecule has 0 unspecified atom stereocenters. The average Bonchev–Trinajstić information content (AvgIpc) is 2.59. The van der Waals surface area contributed by atoms with E-state index < -0.39 is 19.8 Å². The second-order valence-corrected chi connectivity index (χ2v) is 6.52. The lowest BCUT2D eigenvalue weighted by atomic mass is 10.0. The number of nitrogens with one attached hydrogen (secondary N) is 1. The van der Waals surface area contributed by atoms with Crippen LogP contribution in [0.1, 0.15) is 5.56 Å². The molecule has 0 fully saturated rings. The second kappa shape index (κ2) is 7.23. The van der Waals surface area contributed by atoms with Crippen LogP contribution in [0, 0.1) is 5.82 Å². The third-order valence-electron chi connectivity index (χ3n) is 3.74. The van der Waals surface area contributed by atoms with Crippen LogP contribution >= 0.6 is 8.38 Å². The molecule has 0 aliphatic rings. The number of pyridine rings is 1. The number of methoxy groups -OCH3 is 1. The fourth-order valence-electron chi connectivity index (χ4n) is 2.51. The van der Waals surface area contributed by atoms with E-state index in [-0.39, 0.29) is 23.8 Å². The van der Waals surface area contributed by atoms with Crippen LogP contribution in [0.5, 0.6) is 5.88 Å². The Labute approximate surface area is 143 Å². The van der Waals surface area contributed by atoms with Crippen LogP contribution in [0.15, 0.2) is 35.3 Å². The molecule has 3 N–H and O–H groups in total. The zero-order valence-corrected chi connectivity index (χ0v) is 14.1. The maximum absolute atomic E-state index is 14.3. The number of hydrogen-bond donors (Lipinski definition) is 3. The van der Waals surface area contributed by atoms with Crippen LogP contribution < -0.4 is 10.3 Å². The Hall–Kier alpha value is -2.41. The average molecular weight is 363 g/mol. The molecule has 0 saturated heterocycles. The van der Waals surface area contributed by atoms with Gasteiger partial charge in [0, 0.05) is 17.1 Å². The van der Waals surface area contributed by atoms with E-state index in [2.05, 4.69) is 15.2 Å². The number of fused-ring (bicyclic) bond motifs is 1. The van der Waals surface area contributed by atoms with Crippen LogP contribution in [0.4, 0.5) is 4.39 Å². The van der Waals surface area contributed by atoms with Crippen LogP contribution in [0.3, 0.4) is 0 Å². The molecule has 0 aliphatic carbocycles. The van der Waals surface area contributed by atoms with Crippen molar-refractivity contribution < 1.29 is 18.9 Å². The summed E-state index contributed by atoms with van der Waals surface area (Å²) < 4.78 is 19.4. The zero-order valence-electron chi connectivity index (χ0n) is 13.2. The Kier molecular flexibility index (Phi) is 5.03. The maximum atomic E-state index is 14.3. The minimum Gasteiger partial charge on any atom is -0.480 e. The summed E-state index contributed by atoms with van der Waals surface area (Å²) in [5.74, 6) is -0.328. The van der Waals surface area contributed by atoms with Gasteiger partial charge in [0.15, 0.2) is 8.38 Å². The molecule has 9 heteroatoms. The minimum atomic E-state index is -2.05. The lowest BCUT2D eigenvalue weighted by Gasteiger charge is -2.09. The predicted molar refractivity (Wildman–Crippen MR) is 92.0 cm³/mol. The summed E-state index contributed by atoms with van der Waals surface area (Å²) in [6.45, 7) is 0. The van der Waals surface area contributed by atoms with E-state index in [0.29, 0.717) is 22.2 Å². The Morgan fingerprint density at radius 3 is 2.80 bits per heavy atom. The predicted octanol–water partition coefficient (Wildman–Crippen LogP) is 1.97. The third-order valence-corrected chi connectivity index (χ3v) is 4.36. The van der Waals surface area contributed by atoms with Crippen molar-refractivity contribution in [2.45, 2.75) is 6.42 Å². The number of aryl methyl sites for hydroxylation is 1. The fraction of sp³-hybridized carbons (Fsp3) is 0.188. The van der Waals surface area contributed by atoms with Gasteiger partial charge in [-0.2, -0.15) is 5.10 Å². The van der Waals surface area contributed by atoms with Gasteiger partial charge in [0.2, 0.25) is 5.88 Å². The SMILES string of the molecule is COc1nc(-c2ccc(CCP(O)O)c(F)c2)cc2cn[nH]c(=O)c12. The molecular weight excluding hydrogens is 348 g/mol. The summed E-state index contributed by atoms with van der Waals surface area (Å²) in [4.78, 5) is 34.1. The van der Waals surface area contributed by atoms with Crippen molar-refractivity contribution in [3.63, 3.8) is 0 Å². The minimum absolute atomic E-state index is 0.113. The van der Waals surface area contributed by atoms with E-state index >= 15 is 0 Å². The van der Waals surface area contributed by atoms with Gasteiger partial charge in [-0.25, -0.2) is 14.5 Å². The standard InChI is InChI=1S/C16H15FN3O4P/c1-24-16-14-11(8-18-20-15(14)21)7-13(19-16)10-3-2-9(12(17)6-10)4-5-25(22)23/h2-3,6-8,22-23H,4-5H2,1H3,(H,20,21). The van der Waals surface area contributed by atoms with E-state index in [1.807, 2.05) is 0 Å². The monoisotopic (exact) mass is 363 g/mol. The van der Waals surface area contributed by atoms with E-state index in [0.717, 1.165) is 0 Å². The van der Waals surface area contributed by atoms with Crippen molar-refractivity contribution in [1.29, 1.82) is 0 Å². The van der Waals surface area contributed by atoms with E-state index in [1.165, 1.54) is 19.4 Å². The highest BCUT2D eigenvalue weighted by Gasteiger charge is 2.13. The van der Waals surface area contributed by atoms with Crippen molar-refractivity contribution >= 4 is 19.1 Å². The highest BCUT2D eigenvalue weighted by Crippen LogP contribution is 2.29. The molecule has 25 heavy (non-hydrogen) atoms. The second-order valence-electron chi connectivity index (χ2n) is 5.33. The maximum Gasteiger partial charge on any atom is 0.277 e. The Bertz CT molecular complexity index is 977. The smallest absolute Gasteiger partial charge is 0.277 e. The number of ether oxygens (including phenoxy) is 1. The molecule has 2 heterocycles. The molecule has 7 nitrogen and oxygen atoms in total. The zero-order chi connectivity index (χ0) is 18.0. The van der Waals surface area contributed by atoms with Gasteiger partial charge in [0.05, 0.1) is 19.0 Å². The number of hydrogen-bond acceptors (Lipinski definition) is 6. The fourth-order valence-corrected chi connectivity index (χ4v) is 2.95. The van der Waals surface area contributed by atoms with E-state index in [4.69, 9.17) is 14.5 Å². The van der Waals surface area contributed by atoms with Crippen molar-refractivity contribution in [2.24, 2.45) is 0 Å². The first-order valence-corrected chi connectivity index (χ1v) is 8.79. The molecule has 2 aromatic heterocycles.